The molecular formula is C21H27N7O4S. The quantitative estimate of drug-likeness (QED) is 0.283. The van der Waals surface area contributed by atoms with Crippen molar-refractivity contribution in [2.45, 2.75) is 38.5 Å². The maximum Gasteiger partial charge on any atom is 0.239 e. The highest BCUT2D eigenvalue weighted by Crippen LogP contribution is 2.38. The van der Waals surface area contributed by atoms with Gasteiger partial charge in [0.05, 0.1) is 40.3 Å². The summed E-state index contributed by atoms with van der Waals surface area (Å²) in [5.41, 5.74) is 2.90. The molecule has 1 unspecified atom stereocenters. The van der Waals surface area contributed by atoms with Crippen molar-refractivity contribution in [3.63, 3.8) is 0 Å². The van der Waals surface area contributed by atoms with Crippen LogP contribution in [-0.2, 0) is 4.79 Å². The number of anilines is 2. The maximum absolute atomic E-state index is 11.7. The van der Waals surface area contributed by atoms with Crippen molar-refractivity contribution in [3.05, 3.63) is 23.7 Å². The zero-order valence-electron chi connectivity index (χ0n) is 18.5. The Morgan fingerprint density at radius 2 is 1.97 bits per heavy atom. The van der Waals surface area contributed by atoms with Crippen molar-refractivity contribution in [2.75, 3.05) is 30.8 Å². The molecule has 3 aromatic rings. The van der Waals surface area contributed by atoms with Crippen LogP contribution >= 0.6 is 11.3 Å². The number of aliphatic hydroxyl groups is 3. The number of aryl methyl sites for hydroxylation is 2. The van der Waals surface area contributed by atoms with E-state index in [0.717, 1.165) is 15.9 Å². The molecule has 1 aliphatic rings. The van der Waals surface area contributed by atoms with E-state index in [1.165, 1.54) is 11.3 Å². The molecule has 0 bridgehead atoms. The maximum atomic E-state index is 11.7. The average molecular weight is 474 g/mol. The minimum absolute atomic E-state index is 0.00190. The molecule has 6 N–H and O–H groups in total. The Hall–Kier alpha value is -2.93. The Balaban J connectivity index is 1.75. The topological polar surface area (TPSA) is 165 Å². The molecule has 0 spiro atoms. The number of nitrogens with zero attached hydrogens (tertiary/aromatic N) is 4. The number of amides is 1. The van der Waals surface area contributed by atoms with E-state index in [-0.39, 0.29) is 25.0 Å². The van der Waals surface area contributed by atoms with Crippen molar-refractivity contribution < 1.29 is 20.1 Å². The van der Waals surface area contributed by atoms with Gasteiger partial charge in [-0.3, -0.25) is 9.78 Å². The van der Waals surface area contributed by atoms with E-state index in [9.17, 15) is 20.1 Å². The van der Waals surface area contributed by atoms with Crippen LogP contribution < -0.4 is 16.0 Å². The van der Waals surface area contributed by atoms with Crippen molar-refractivity contribution >= 4 is 39.2 Å². The lowest BCUT2D eigenvalue weighted by Gasteiger charge is -2.21. The average Bonchev–Trinajstić information content (AvgIpc) is 3.34. The molecule has 4 rings (SSSR count). The lowest BCUT2D eigenvalue weighted by atomic mass is 10.1. The third-order valence-electron chi connectivity index (χ3n) is 5.84. The Bertz CT molecular complexity index is 1170. The number of hydrogen-bond donors (Lipinski definition) is 6. The summed E-state index contributed by atoms with van der Waals surface area (Å²) in [5, 5.41) is 39.6. The molecule has 4 atom stereocenters. The van der Waals surface area contributed by atoms with Crippen molar-refractivity contribution in [2.24, 2.45) is 5.92 Å². The summed E-state index contributed by atoms with van der Waals surface area (Å²) < 4.78 is 0.973. The van der Waals surface area contributed by atoms with Crippen LogP contribution in [0, 0.1) is 19.8 Å². The summed E-state index contributed by atoms with van der Waals surface area (Å²) in [6.45, 7) is 3.49. The highest BCUT2D eigenvalue weighted by atomic mass is 32.1. The largest absolute Gasteiger partial charge is 0.396 e. The summed E-state index contributed by atoms with van der Waals surface area (Å²) in [6, 6.07) is 1.37. The number of rotatable bonds is 7. The van der Waals surface area contributed by atoms with Crippen LogP contribution in [0.3, 0.4) is 0 Å². The van der Waals surface area contributed by atoms with Gasteiger partial charge in [0.2, 0.25) is 11.9 Å². The number of fused-ring (bicyclic) bond motifs is 1. The molecule has 1 aliphatic carbocycles. The predicted octanol–water partition coefficient (Wildman–Crippen LogP) is 0.438. The van der Waals surface area contributed by atoms with Crippen LogP contribution in [0.4, 0.5) is 11.8 Å². The lowest BCUT2D eigenvalue weighted by molar-refractivity contribution is -0.118. The smallest absolute Gasteiger partial charge is 0.239 e. The monoisotopic (exact) mass is 473 g/mol. The van der Waals surface area contributed by atoms with Gasteiger partial charge in [-0.1, -0.05) is 0 Å². The first kappa shape index (κ1) is 23.2. The zero-order chi connectivity index (χ0) is 23.7. The third kappa shape index (κ3) is 4.60. The van der Waals surface area contributed by atoms with Gasteiger partial charge in [-0.05, 0) is 26.3 Å². The van der Waals surface area contributed by atoms with Gasteiger partial charge in [0.1, 0.15) is 22.4 Å². The summed E-state index contributed by atoms with van der Waals surface area (Å²) in [7, 11) is 1.54. The number of pyridine rings is 1. The minimum atomic E-state index is -1.07. The van der Waals surface area contributed by atoms with Gasteiger partial charge in [0.25, 0.3) is 0 Å². The predicted molar refractivity (Wildman–Crippen MR) is 125 cm³/mol. The van der Waals surface area contributed by atoms with E-state index < -0.39 is 24.2 Å². The molecule has 1 fully saturated rings. The molecule has 3 heterocycles. The normalized spacial score (nSPS) is 22.5. The summed E-state index contributed by atoms with van der Waals surface area (Å²) in [5.74, 6) is 0.00415. The molecule has 12 heteroatoms. The molecule has 1 saturated carbocycles. The molecule has 0 aliphatic heterocycles. The third-order valence-corrected chi connectivity index (χ3v) is 6.88. The molecule has 0 aromatic carbocycles. The Labute approximate surface area is 194 Å². The molecule has 33 heavy (non-hydrogen) atoms. The van der Waals surface area contributed by atoms with Crippen LogP contribution in [0.1, 0.15) is 17.8 Å². The number of nitrogens with one attached hydrogen (secondary N) is 3. The van der Waals surface area contributed by atoms with Gasteiger partial charge in [0.15, 0.2) is 0 Å². The number of thiazole rings is 1. The van der Waals surface area contributed by atoms with E-state index in [0.29, 0.717) is 28.5 Å². The number of likely N-dealkylation sites (N-methyl/N-ethyl adjacent to an activating group) is 1. The minimum Gasteiger partial charge on any atom is -0.396 e. The Morgan fingerprint density at radius 1 is 1.18 bits per heavy atom. The Kier molecular flexibility index (Phi) is 6.70. The number of hydrogen-bond acceptors (Lipinski definition) is 11. The number of aromatic nitrogens is 4. The lowest BCUT2D eigenvalue weighted by Crippen LogP contribution is -2.36. The molecular weight excluding hydrogens is 446 g/mol. The number of aliphatic hydroxyl groups excluding tert-OH is 3. The fourth-order valence-electron chi connectivity index (χ4n) is 3.97. The van der Waals surface area contributed by atoms with E-state index >= 15 is 0 Å². The van der Waals surface area contributed by atoms with Crippen molar-refractivity contribution in [1.29, 1.82) is 0 Å². The van der Waals surface area contributed by atoms with Gasteiger partial charge in [-0.2, -0.15) is 4.98 Å². The van der Waals surface area contributed by atoms with E-state index in [1.807, 2.05) is 19.9 Å². The first-order chi connectivity index (χ1) is 15.8. The first-order valence-electron chi connectivity index (χ1n) is 10.6. The summed E-state index contributed by atoms with van der Waals surface area (Å²) in [6.07, 6.45) is -0.0139. The second-order valence-corrected chi connectivity index (χ2v) is 9.09. The molecule has 0 radical (unpaired) electrons. The van der Waals surface area contributed by atoms with E-state index in [1.54, 1.807) is 13.2 Å². The molecule has 1 amide bonds. The number of carbonyl (C=O) groups is 1. The van der Waals surface area contributed by atoms with E-state index in [2.05, 4.69) is 30.9 Å². The summed E-state index contributed by atoms with van der Waals surface area (Å²) >= 11 is 1.48. The van der Waals surface area contributed by atoms with E-state index in [4.69, 9.17) is 4.98 Å². The molecule has 0 saturated heterocycles. The van der Waals surface area contributed by atoms with Crippen LogP contribution in [0.2, 0.25) is 0 Å². The fourth-order valence-corrected chi connectivity index (χ4v) is 5.08. The second-order valence-electron chi connectivity index (χ2n) is 8.06. The van der Waals surface area contributed by atoms with Gasteiger partial charge in [-0.25, -0.2) is 9.97 Å². The van der Waals surface area contributed by atoms with Gasteiger partial charge in [-0.15, -0.1) is 11.3 Å². The standard InChI is InChI=1S/C21H27N7O4S/c1-9-15(20-27-16-10(2)23-5-4-13(16)33-20)19(28-21(25-9)24-7-14(30)22-3)26-12-6-11(8-29)17(31)18(12)32/h4-5,11-12,17-18,29,31-32H,6-8H2,1-3H3,(H,22,30)(H2,24,25,26,28)/t11-,12?,17-,18+/m1/s1. The van der Waals surface area contributed by atoms with Gasteiger partial charge < -0.3 is 31.3 Å². The Morgan fingerprint density at radius 3 is 2.64 bits per heavy atom. The van der Waals surface area contributed by atoms with Crippen molar-refractivity contribution in [1.82, 2.24) is 25.3 Å². The SMILES string of the molecule is CNC(=O)CNc1nc(C)c(-c2nc3c(C)nccc3s2)c(NC2C[C@H](CO)[C@@H](O)[C@H]2O)n1. The second kappa shape index (κ2) is 9.51. The van der Waals surface area contributed by atoms with Crippen LogP contribution in [0.5, 0.6) is 0 Å². The zero-order valence-corrected chi connectivity index (χ0v) is 19.3. The highest BCUT2D eigenvalue weighted by Gasteiger charge is 2.41. The van der Waals surface area contributed by atoms with Crippen LogP contribution in [-0.4, -0.2) is 79.6 Å². The number of carbonyl (C=O) groups excluding carboxylic acids is 1. The molecule has 3 aromatic heterocycles. The van der Waals surface area contributed by atoms with Crippen LogP contribution in [0.15, 0.2) is 12.3 Å². The first-order valence-corrected chi connectivity index (χ1v) is 11.4. The van der Waals surface area contributed by atoms with Crippen molar-refractivity contribution in [3.8, 4) is 10.6 Å². The highest BCUT2D eigenvalue weighted by molar-refractivity contribution is 7.21. The van der Waals surface area contributed by atoms with Gasteiger partial charge >= 0.3 is 0 Å². The van der Waals surface area contributed by atoms with Crippen LogP contribution in [0.25, 0.3) is 20.8 Å². The fraction of sp³-hybridized carbons (Fsp3) is 0.476. The van der Waals surface area contributed by atoms with Gasteiger partial charge in [0, 0.05) is 25.8 Å². The summed E-state index contributed by atoms with van der Waals surface area (Å²) in [4.78, 5) is 29.8. The molecule has 176 valence electrons. The molecule has 11 nitrogen and oxygen atoms in total.